The van der Waals surface area contributed by atoms with Gasteiger partial charge in [0, 0.05) is 10.8 Å². The molecule has 0 amide bonds. The molecular formula is C19H20O2. The molecule has 108 valence electrons. The Morgan fingerprint density at radius 2 is 1.67 bits per heavy atom. The maximum Gasteiger partial charge on any atom is 0.135 e. The summed E-state index contributed by atoms with van der Waals surface area (Å²) in [4.78, 5) is 0. The summed E-state index contributed by atoms with van der Waals surface area (Å²) in [6.45, 7) is 0. The quantitative estimate of drug-likeness (QED) is 0.700. The van der Waals surface area contributed by atoms with Gasteiger partial charge < -0.3 is 9.52 Å². The van der Waals surface area contributed by atoms with E-state index in [1.54, 1.807) is 0 Å². The van der Waals surface area contributed by atoms with Crippen LogP contribution in [0.1, 0.15) is 43.8 Å². The average molecular weight is 280 g/mol. The summed E-state index contributed by atoms with van der Waals surface area (Å²) in [7, 11) is 0. The molecule has 0 saturated heterocycles. The topological polar surface area (TPSA) is 33.4 Å². The van der Waals surface area contributed by atoms with Crippen LogP contribution in [0.5, 0.6) is 0 Å². The van der Waals surface area contributed by atoms with Gasteiger partial charge in [-0.25, -0.2) is 0 Å². The molecular weight excluding hydrogens is 260 g/mol. The third kappa shape index (κ3) is 2.24. The number of hydrogen-bond acceptors (Lipinski definition) is 2. The fraction of sp³-hybridized carbons (Fsp3) is 0.368. The molecule has 1 aliphatic carbocycles. The fourth-order valence-electron chi connectivity index (χ4n) is 3.65. The molecule has 0 aliphatic heterocycles. The minimum Gasteiger partial charge on any atom is -0.456 e. The fourth-order valence-corrected chi connectivity index (χ4v) is 3.65. The van der Waals surface area contributed by atoms with E-state index in [4.69, 9.17) is 4.42 Å². The van der Waals surface area contributed by atoms with Crippen molar-refractivity contribution in [1.82, 2.24) is 0 Å². The number of aliphatic hydroxyl groups excluding tert-OH is 1. The third-order valence-electron chi connectivity index (χ3n) is 4.84. The Kier molecular flexibility index (Phi) is 3.19. The first-order valence-electron chi connectivity index (χ1n) is 7.92. The minimum atomic E-state index is -0.344. The molecule has 1 unspecified atom stereocenters. The van der Waals surface area contributed by atoms with Crippen LogP contribution in [0, 0.1) is 5.92 Å². The Balaban J connectivity index is 1.76. The van der Waals surface area contributed by atoms with Gasteiger partial charge >= 0.3 is 0 Å². The summed E-state index contributed by atoms with van der Waals surface area (Å²) in [5, 5.41) is 12.9. The number of furan rings is 1. The summed E-state index contributed by atoms with van der Waals surface area (Å²) >= 11 is 0. The zero-order chi connectivity index (χ0) is 14.2. The molecule has 2 heteroatoms. The molecule has 2 nitrogen and oxygen atoms in total. The molecule has 2 aromatic carbocycles. The zero-order valence-corrected chi connectivity index (χ0v) is 12.1. The van der Waals surface area contributed by atoms with Gasteiger partial charge in [0.2, 0.25) is 0 Å². The molecule has 1 heterocycles. The predicted octanol–water partition coefficient (Wildman–Crippen LogP) is 5.20. The molecule has 1 N–H and O–H groups in total. The van der Waals surface area contributed by atoms with Crippen molar-refractivity contribution in [2.24, 2.45) is 5.92 Å². The molecule has 0 radical (unpaired) electrons. The summed E-state index contributed by atoms with van der Waals surface area (Å²) in [6, 6.07) is 14.2. The lowest BCUT2D eigenvalue weighted by Gasteiger charge is -2.26. The number of hydrogen-bond donors (Lipinski definition) is 1. The summed E-state index contributed by atoms with van der Waals surface area (Å²) in [5.41, 5.74) is 2.84. The van der Waals surface area contributed by atoms with Gasteiger partial charge in [-0.15, -0.1) is 0 Å². The van der Waals surface area contributed by atoms with Crippen molar-refractivity contribution in [3.05, 3.63) is 48.0 Å². The van der Waals surface area contributed by atoms with Gasteiger partial charge in [-0.2, -0.15) is 0 Å². The van der Waals surface area contributed by atoms with E-state index in [2.05, 4.69) is 12.1 Å². The molecule has 1 saturated carbocycles. The van der Waals surface area contributed by atoms with Crippen LogP contribution in [0.15, 0.2) is 46.9 Å². The van der Waals surface area contributed by atoms with E-state index in [1.165, 1.54) is 19.3 Å². The Morgan fingerprint density at radius 1 is 0.905 bits per heavy atom. The molecule has 1 fully saturated rings. The maximum absolute atomic E-state index is 10.7. The van der Waals surface area contributed by atoms with E-state index >= 15 is 0 Å². The van der Waals surface area contributed by atoms with Crippen LogP contribution in [0.4, 0.5) is 0 Å². The van der Waals surface area contributed by atoms with Gasteiger partial charge in [-0.1, -0.05) is 43.5 Å². The van der Waals surface area contributed by atoms with Gasteiger partial charge in [-0.3, -0.25) is 0 Å². The second-order valence-corrected chi connectivity index (χ2v) is 6.20. The molecule has 1 atom stereocenters. The molecule has 1 aromatic heterocycles. The first-order chi connectivity index (χ1) is 10.3. The van der Waals surface area contributed by atoms with E-state index in [-0.39, 0.29) is 6.10 Å². The van der Waals surface area contributed by atoms with Crippen LogP contribution < -0.4 is 0 Å². The van der Waals surface area contributed by atoms with E-state index in [9.17, 15) is 5.11 Å². The monoisotopic (exact) mass is 280 g/mol. The highest BCUT2D eigenvalue weighted by Gasteiger charge is 2.23. The van der Waals surface area contributed by atoms with Crippen molar-refractivity contribution in [3.63, 3.8) is 0 Å². The van der Waals surface area contributed by atoms with Gasteiger partial charge in [-0.05, 0) is 42.5 Å². The third-order valence-corrected chi connectivity index (χ3v) is 4.84. The number of fused-ring (bicyclic) bond motifs is 3. The van der Waals surface area contributed by atoms with Gasteiger partial charge in [0.25, 0.3) is 0 Å². The van der Waals surface area contributed by atoms with Crippen LogP contribution in [0.3, 0.4) is 0 Å². The van der Waals surface area contributed by atoms with Crippen LogP contribution in [-0.4, -0.2) is 5.11 Å². The van der Waals surface area contributed by atoms with Crippen molar-refractivity contribution in [3.8, 4) is 0 Å². The standard InChI is InChI=1S/C19H20O2/c20-19(13-6-2-1-3-7-13)14-10-11-18-16(12-14)15-8-4-5-9-17(15)21-18/h4-5,8-13,19-20H,1-3,6-7H2. The first-order valence-corrected chi connectivity index (χ1v) is 7.92. The van der Waals surface area contributed by atoms with E-state index in [0.29, 0.717) is 5.92 Å². The first kappa shape index (κ1) is 12.9. The zero-order valence-electron chi connectivity index (χ0n) is 12.1. The molecule has 4 rings (SSSR count). The second kappa shape index (κ2) is 5.19. The van der Waals surface area contributed by atoms with Crippen molar-refractivity contribution in [1.29, 1.82) is 0 Å². The Labute approximate surface area is 124 Å². The summed E-state index contributed by atoms with van der Waals surface area (Å²) in [6.07, 6.45) is 5.76. The highest BCUT2D eigenvalue weighted by Crippen LogP contribution is 2.37. The lowest BCUT2D eigenvalue weighted by Crippen LogP contribution is -2.15. The Morgan fingerprint density at radius 3 is 2.52 bits per heavy atom. The van der Waals surface area contributed by atoms with Crippen molar-refractivity contribution in [2.45, 2.75) is 38.2 Å². The predicted molar refractivity (Wildman–Crippen MR) is 85.3 cm³/mol. The molecule has 0 bridgehead atoms. The second-order valence-electron chi connectivity index (χ2n) is 6.20. The van der Waals surface area contributed by atoms with Crippen LogP contribution >= 0.6 is 0 Å². The van der Waals surface area contributed by atoms with Crippen molar-refractivity contribution in [2.75, 3.05) is 0 Å². The highest BCUT2D eigenvalue weighted by molar-refractivity contribution is 6.04. The molecule has 1 aliphatic rings. The molecule has 3 aromatic rings. The number of benzene rings is 2. The van der Waals surface area contributed by atoms with E-state index in [0.717, 1.165) is 40.3 Å². The van der Waals surface area contributed by atoms with E-state index < -0.39 is 0 Å². The smallest absolute Gasteiger partial charge is 0.135 e. The SMILES string of the molecule is OC(c1ccc2oc3ccccc3c2c1)C1CCCCC1. The largest absolute Gasteiger partial charge is 0.456 e. The maximum atomic E-state index is 10.7. The Hall–Kier alpha value is -1.80. The normalized spacial score (nSPS) is 18.3. The van der Waals surface area contributed by atoms with Gasteiger partial charge in [0.15, 0.2) is 0 Å². The Bertz CT molecular complexity index is 765. The van der Waals surface area contributed by atoms with Crippen molar-refractivity contribution >= 4 is 21.9 Å². The minimum absolute atomic E-state index is 0.344. The molecule has 0 spiro atoms. The van der Waals surface area contributed by atoms with E-state index in [1.807, 2.05) is 30.3 Å². The summed E-state index contributed by atoms with van der Waals surface area (Å²) < 4.78 is 5.85. The average Bonchev–Trinajstić information content (AvgIpc) is 2.93. The number of para-hydroxylation sites is 1. The molecule has 21 heavy (non-hydrogen) atoms. The van der Waals surface area contributed by atoms with Gasteiger partial charge in [0.05, 0.1) is 6.10 Å². The number of aliphatic hydroxyl groups is 1. The van der Waals surface area contributed by atoms with Crippen molar-refractivity contribution < 1.29 is 9.52 Å². The van der Waals surface area contributed by atoms with Gasteiger partial charge in [0.1, 0.15) is 11.2 Å². The summed E-state index contributed by atoms with van der Waals surface area (Å²) in [5.74, 6) is 0.411. The van der Waals surface area contributed by atoms with Crippen LogP contribution in [0.2, 0.25) is 0 Å². The van der Waals surface area contributed by atoms with Crippen LogP contribution in [0.25, 0.3) is 21.9 Å². The highest BCUT2D eigenvalue weighted by atomic mass is 16.3. The number of rotatable bonds is 2. The lowest BCUT2D eigenvalue weighted by atomic mass is 9.82. The lowest BCUT2D eigenvalue weighted by molar-refractivity contribution is 0.0849. The van der Waals surface area contributed by atoms with Crippen LogP contribution in [-0.2, 0) is 0 Å².